The minimum atomic E-state index is -3.62. The average molecular weight is 312 g/mol. The van der Waals surface area contributed by atoms with Crippen molar-refractivity contribution in [2.45, 2.75) is 51.3 Å². The van der Waals surface area contributed by atoms with Crippen LogP contribution in [0.2, 0.25) is 0 Å². The lowest BCUT2D eigenvalue weighted by molar-refractivity contribution is 0.340. The van der Waals surface area contributed by atoms with Gasteiger partial charge in [0, 0.05) is 5.71 Å². The van der Waals surface area contributed by atoms with Crippen LogP contribution in [-0.2, 0) is 10.0 Å². The van der Waals surface area contributed by atoms with Crippen molar-refractivity contribution in [3.63, 3.8) is 0 Å². The lowest BCUT2D eigenvalue weighted by atomic mass is 10.1. The molecule has 0 amide bonds. The third kappa shape index (κ3) is 5.75. The Balaban J connectivity index is 2.82. The summed E-state index contributed by atoms with van der Waals surface area (Å²) >= 11 is 0. The molecule has 21 heavy (non-hydrogen) atoms. The Bertz CT molecular complexity index is 543. The van der Waals surface area contributed by atoms with Crippen LogP contribution in [0.4, 0.5) is 0 Å². The number of sulfonamides is 1. The van der Waals surface area contributed by atoms with E-state index in [1.165, 1.54) is 12.1 Å². The summed E-state index contributed by atoms with van der Waals surface area (Å²) < 4.78 is 29.6. The molecule has 6 heteroatoms. The average Bonchev–Trinajstić information content (AvgIpc) is 2.46. The molecule has 0 unspecified atom stereocenters. The quantitative estimate of drug-likeness (QED) is 0.562. The first-order valence-electron chi connectivity index (χ1n) is 7.33. The highest BCUT2D eigenvalue weighted by molar-refractivity contribution is 7.89. The molecule has 0 aliphatic heterocycles. The Morgan fingerprint density at radius 2 is 1.67 bits per heavy atom. The lowest BCUT2D eigenvalue weighted by Crippen LogP contribution is -2.20. The maximum absolute atomic E-state index is 12.2. The molecule has 0 heterocycles. The predicted molar refractivity (Wildman–Crippen MR) is 85.2 cm³/mol. The molecule has 0 fully saturated rings. The monoisotopic (exact) mass is 312 g/mol. The van der Waals surface area contributed by atoms with Crippen LogP contribution in [0.5, 0.6) is 5.75 Å². The number of hydrogen-bond acceptors (Lipinski definition) is 4. The number of nitrogens with one attached hydrogen (secondary N) is 1. The molecule has 0 aliphatic carbocycles. The van der Waals surface area contributed by atoms with Gasteiger partial charge in [0.25, 0.3) is 10.0 Å². The molecule has 0 atom stereocenters. The number of rotatable bonds is 9. The number of nitrogens with zero attached hydrogens (tertiary/aromatic N) is 1. The van der Waals surface area contributed by atoms with Crippen molar-refractivity contribution >= 4 is 15.7 Å². The first kappa shape index (κ1) is 17.5. The molecule has 5 nitrogen and oxygen atoms in total. The standard InChI is InChI=1S/C15H24N2O3S/c1-4-7-13(8-5-2)16-17-21(18,19)15-11-9-14(10-12-15)20-6-3/h9-12,17H,4-8H2,1-3H3. The van der Waals surface area contributed by atoms with E-state index in [1.807, 2.05) is 20.8 Å². The van der Waals surface area contributed by atoms with Crippen LogP contribution in [0, 0.1) is 0 Å². The van der Waals surface area contributed by atoms with Crippen LogP contribution in [0.3, 0.4) is 0 Å². The summed E-state index contributed by atoms with van der Waals surface area (Å²) in [7, 11) is -3.62. The first-order chi connectivity index (χ1) is 10.0. The highest BCUT2D eigenvalue weighted by Gasteiger charge is 2.13. The van der Waals surface area contributed by atoms with E-state index in [4.69, 9.17) is 4.74 Å². The van der Waals surface area contributed by atoms with Crippen LogP contribution in [0.1, 0.15) is 46.5 Å². The van der Waals surface area contributed by atoms with Gasteiger partial charge in [0.2, 0.25) is 0 Å². The highest BCUT2D eigenvalue weighted by atomic mass is 32.2. The van der Waals surface area contributed by atoms with Gasteiger partial charge in [-0.3, -0.25) is 0 Å². The second kappa shape index (κ2) is 8.67. The van der Waals surface area contributed by atoms with Crippen LogP contribution in [0.25, 0.3) is 0 Å². The fourth-order valence-electron chi connectivity index (χ4n) is 1.87. The van der Waals surface area contributed by atoms with E-state index in [2.05, 4.69) is 9.93 Å². The SMILES string of the molecule is CCCC(CCC)=NNS(=O)(=O)c1ccc(OCC)cc1. The molecule has 1 N–H and O–H groups in total. The summed E-state index contributed by atoms with van der Waals surface area (Å²) in [5.41, 5.74) is 0.884. The third-order valence-corrected chi connectivity index (χ3v) is 4.07. The summed E-state index contributed by atoms with van der Waals surface area (Å²) in [5, 5.41) is 4.06. The molecule has 0 saturated carbocycles. The van der Waals surface area contributed by atoms with E-state index in [9.17, 15) is 8.42 Å². The smallest absolute Gasteiger partial charge is 0.276 e. The number of hydrazone groups is 1. The fourth-order valence-corrected chi connectivity index (χ4v) is 2.72. The molecule has 1 rings (SSSR count). The number of hydrogen-bond donors (Lipinski definition) is 1. The van der Waals surface area contributed by atoms with Crippen LogP contribution in [0.15, 0.2) is 34.3 Å². The molecule has 118 valence electrons. The number of benzene rings is 1. The van der Waals surface area contributed by atoms with Crippen molar-refractivity contribution in [3.8, 4) is 5.75 Å². The van der Waals surface area contributed by atoms with Crippen molar-refractivity contribution in [1.29, 1.82) is 0 Å². The second-order valence-electron chi connectivity index (χ2n) is 4.68. The van der Waals surface area contributed by atoms with Crippen LogP contribution < -0.4 is 9.57 Å². The summed E-state index contributed by atoms with van der Waals surface area (Å²) in [6, 6.07) is 6.31. The largest absolute Gasteiger partial charge is 0.494 e. The normalized spacial score (nSPS) is 11.0. The van der Waals surface area contributed by atoms with Crippen LogP contribution >= 0.6 is 0 Å². The highest BCUT2D eigenvalue weighted by Crippen LogP contribution is 2.16. The van der Waals surface area contributed by atoms with Crippen LogP contribution in [-0.4, -0.2) is 20.7 Å². The van der Waals surface area contributed by atoms with Crippen molar-refractivity contribution in [3.05, 3.63) is 24.3 Å². The Kier molecular flexibility index (Phi) is 7.22. The Labute approximate surface area is 127 Å². The van der Waals surface area contributed by atoms with Gasteiger partial charge in [-0.1, -0.05) is 26.7 Å². The fraction of sp³-hybridized carbons (Fsp3) is 0.533. The summed E-state index contributed by atoms with van der Waals surface area (Å²) in [5.74, 6) is 0.651. The molecule has 0 aliphatic rings. The molecular weight excluding hydrogens is 288 g/mol. The van der Waals surface area contributed by atoms with Gasteiger partial charge in [0.15, 0.2) is 0 Å². The number of ether oxygens (including phenoxy) is 1. The lowest BCUT2D eigenvalue weighted by Gasteiger charge is -2.08. The first-order valence-corrected chi connectivity index (χ1v) is 8.81. The van der Waals surface area contributed by atoms with Crippen molar-refractivity contribution in [1.82, 2.24) is 4.83 Å². The van der Waals surface area contributed by atoms with E-state index in [0.29, 0.717) is 12.4 Å². The Morgan fingerprint density at radius 1 is 1.10 bits per heavy atom. The summed E-state index contributed by atoms with van der Waals surface area (Å²) in [4.78, 5) is 2.50. The molecule has 0 radical (unpaired) electrons. The van der Waals surface area contributed by atoms with Gasteiger partial charge >= 0.3 is 0 Å². The zero-order valence-electron chi connectivity index (χ0n) is 12.9. The van der Waals surface area contributed by atoms with Gasteiger partial charge in [-0.05, 0) is 44.0 Å². The maximum Gasteiger partial charge on any atom is 0.276 e. The van der Waals surface area contributed by atoms with Gasteiger partial charge in [-0.2, -0.15) is 13.5 Å². The zero-order valence-corrected chi connectivity index (χ0v) is 13.7. The van der Waals surface area contributed by atoms with E-state index < -0.39 is 10.0 Å². The molecule has 0 spiro atoms. The van der Waals surface area contributed by atoms with Gasteiger partial charge in [0.05, 0.1) is 11.5 Å². The molecule has 0 aromatic heterocycles. The molecule has 0 bridgehead atoms. The Hall–Kier alpha value is -1.56. The van der Waals surface area contributed by atoms with Gasteiger partial charge in [-0.15, -0.1) is 0 Å². The van der Waals surface area contributed by atoms with Crippen molar-refractivity contribution in [2.75, 3.05) is 6.61 Å². The molecular formula is C15H24N2O3S. The molecule has 0 saturated heterocycles. The molecule has 1 aromatic carbocycles. The summed E-state index contributed by atoms with van der Waals surface area (Å²) in [6.45, 7) is 6.52. The summed E-state index contributed by atoms with van der Waals surface area (Å²) in [6.07, 6.45) is 3.51. The molecule has 1 aromatic rings. The van der Waals surface area contributed by atoms with Gasteiger partial charge < -0.3 is 4.74 Å². The second-order valence-corrected chi connectivity index (χ2v) is 6.34. The van der Waals surface area contributed by atoms with E-state index in [1.54, 1.807) is 12.1 Å². The minimum absolute atomic E-state index is 0.182. The topological polar surface area (TPSA) is 67.8 Å². The zero-order chi connectivity index (χ0) is 15.7. The van der Waals surface area contributed by atoms with E-state index in [-0.39, 0.29) is 4.90 Å². The predicted octanol–water partition coefficient (Wildman–Crippen LogP) is 3.32. The maximum atomic E-state index is 12.2. The minimum Gasteiger partial charge on any atom is -0.494 e. The van der Waals surface area contributed by atoms with Gasteiger partial charge in [-0.25, -0.2) is 4.83 Å². The van der Waals surface area contributed by atoms with Crippen molar-refractivity contribution in [2.24, 2.45) is 5.10 Å². The van der Waals surface area contributed by atoms with E-state index >= 15 is 0 Å². The Morgan fingerprint density at radius 3 is 2.14 bits per heavy atom. The van der Waals surface area contributed by atoms with Crippen molar-refractivity contribution < 1.29 is 13.2 Å². The van der Waals surface area contributed by atoms with Gasteiger partial charge in [0.1, 0.15) is 5.75 Å². The third-order valence-electron chi connectivity index (χ3n) is 2.85. The van der Waals surface area contributed by atoms with E-state index in [0.717, 1.165) is 31.4 Å².